The monoisotopic (exact) mass is 221 g/mol. The van der Waals surface area contributed by atoms with Gasteiger partial charge in [0.1, 0.15) is 0 Å². The van der Waals surface area contributed by atoms with Gasteiger partial charge in [-0.05, 0) is 44.8 Å². The number of nitrogens with one attached hydrogen (secondary N) is 1. The summed E-state index contributed by atoms with van der Waals surface area (Å²) in [5, 5.41) is 2.86. The second kappa shape index (κ2) is 5.51. The predicted molar refractivity (Wildman–Crippen MR) is 66.5 cm³/mol. The number of nitrogens with zero attached hydrogens (tertiary/aromatic N) is 1. The molecule has 3 N–H and O–H groups in total. The smallest absolute Gasteiger partial charge is 0.251 e. The highest BCUT2D eigenvalue weighted by molar-refractivity contribution is 5.94. The Bertz CT molecular complexity index is 375. The van der Waals surface area contributed by atoms with Gasteiger partial charge in [-0.25, -0.2) is 0 Å². The number of anilines is 1. The highest BCUT2D eigenvalue weighted by Crippen LogP contribution is 2.12. The Labute approximate surface area is 96.4 Å². The maximum Gasteiger partial charge on any atom is 0.251 e. The Morgan fingerprint density at radius 2 is 2.12 bits per heavy atom. The van der Waals surface area contributed by atoms with Crippen molar-refractivity contribution in [1.82, 2.24) is 10.2 Å². The number of carbonyl (C=O) groups is 1. The number of amides is 1. The highest BCUT2D eigenvalue weighted by atomic mass is 16.1. The Morgan fingerprint density at radius 1 is 1.44 bits per heavy atom. The summed E-state index contributed by atoms with van der Waals surface area (Å²) in [4.78, 5) is 13.7. The normalized spacial score (nSPS) is 10.5. The zero-order chi connectivity index (χ0) is 12.1. The molecule has 0 bridgehead atoms. The summed E-state index contributed by atoms with van der Waals surface area (Å²) in [5.41, 5.74) is 7.99. The van der Waals surface area contributed by atoms with E-state index in [0.29, 0.717) is 17.8 Å². The van der Waals surface area contributed by atoms with Crippen LogP contribution in [0.15, 0.2) is 18.2 Å². The van der Waals surface area contributed by atoms with Gasteiger partial charge in [0, 0.05) is 24.3 Å². The second-order valence-corrected chi connectivity index (χ2v) is 4.13. The molecule has 0 atom stereocenters. The lowest BCUT2D eigenvalue weighted by molar-refractivity contribution is 0.0951. The molecule has 88 valence electrons. The van der Waals surface area contributed by atoms with Crippen LogP contribution in [0.25, 0.3) is 0 Å². The number of benzene rings is 1. The van der Waals surface area contributed by atoms with E-state index in [2.05, 4.69) is 5.32 Å². The van der Waals surface area contributed by atoms with Crippen LogP contribution in [-0.4, -0.2) is 38.0 Å². The molecule has 0 unspecified atom stereocenters. The van der Waals surface area contributed by atoms with Crippen LogP contribution in [-0.2, 0) is 0 Å². The molecule has 0 aliphatic heterocycles. The molecule has 1 aromatic rings. The van der Waals surface area contributed by atoms with Crippen molar-refractivity contribution in [2.45, 2.75) is 6.92 Å². The first kappa shape index (κ1) is 12.5. The minimum atomic E-state index is -0.0510. The first-order chi connectivity index (χ1) is 7.50. The summed E-state index contributed by atoms with van der Waals surface area (Å²) in [6, 6.07) is 5.31. The molecule has 0 aliphatic rings. The zero-order valence-electron chi connectivity index (χ0n) is 10.1. The maximum absolute atomic E-state index is 11.7. The molecular weight excluding hydrogens is 202 g/mol. The van der Waals surface area contributed by atoms with Crippen molar-refractivity contribution in [2.75, 3.05) is 32.9 Å². The van der Waals surface area contributed by atoms with Gasteiger partial charge in [-0.3, -0.25) is 4.79 Å². The quantitative estimate of drug-likeness (QED) is 0.742. The third kappa shape index (κ3) is 3.55. The number of likely N-dealkylation sites (N-methyl/N-ethyl adjacent to an activating group) is 1. The average molecular weight is 221 g/mol. The summed E-state index contributed by atoms with van der Waals surface area (Å²) in [6.07, 6.45) is 0. The Morgan fingerprint density at radius 3 is 2.69 bits per heavy atom. The molecule has 16 heavy (non-hydrogen) atoms. The summed E-state index contributed by atoms with van der Waals surface area (Å²) >= 11 is 0. The van der Waals surface area contributed by atoms with Crippen LogP contribution < -0.4 is 11.1 Å². The minimum absolute atomic E-state index is 0.0510. The van der Waals surface area contributed by atoms with E-state index >= 15 is 0 Å². The predicted octanol–water partition coefficient (Wildman–Crippen LogP) is 0.869. The Balaban J connectivity index is 2.56. The van der Waals surface area contributed by atoms with Gasteiger partial charge < -0.3 is 16.0 Å². The van der Waals surface area contributed by atoms with Crippen molar-refractivity contribution in [3.63, 3.8) is 0 Å². The SMILES string of the molecule is Cc1cc(C(=O)NCCN(C)C)ccc1N. The van der Waals surface area contributed by atoms with E-state index in [4.69, 9.17) is 5.73 Å². The summed E-state index contributed by atoms with van der Waals surface area (Å²) in [6.45, 7) is 3.38. The van der Waals surface area contributed by atoms with Crippen molar-refractivity contribution in [3.05, 3.63) is 29.3 Å². The Hall–Kier alpha value is -1.55. The molecule has 0 saturated carbocycles. The topological polar surface area (TPSA) is 58.4 Å². The standard InChI is InChI=1S/C12H19N3O/c1-9-8-10(4-5-11(9)13)12(16)14-6-7-15(2)3/h4-5,8H,6-7,13H2,1-3H3,(H,14,16). The summed E-state index contributed by atoms with van der Waals surface area (Å²) < 4.78 is 0. The molecule has 1 amide bonds. The lowest BCUT2D eigenvalue weighted by atomic mass is 10.1. The summed E-state index contributed by atoms with van der Waals surface area (Å²) in [7, 11) is 3.94. The average Bonchev–Trinajstić information content (AvgIpc) is 2.21. The number of nitrogen functional groups attached to an aromatic ring is 1. The van der Waals surface area contributed by atoms with Crippen LogP contribution in [0.5, 0.6) is 0 Å². The van der Waals surface area contributed by atoms with Crippen LogP contribution in [0.3, 0.4) is 0 Å². The molecule has 0 fully saturated rings. The molecular formula is C12H19N3O. The lowest BCUT2D eigenvalue weighted by Crippen LogP contribution is -2.31. The van der Waals surface area contributed by atoms with E-state index in [1.807, 2.05) is 25.9 Å². The van der Waals surface area contributed by atoms with E-state index in [9.17, 15) is 4.79 Å². The van der Waals surface area contributed by atoms with Crippen LogP contribution in [0.1, 0.15) is 15.9 Å². The summed E-state index contributed by atoms with van der Waals surface area (Å²) in [5.74, 6) is -0.0510. The number of hydrogen-bond acceptors (Lipinski definition) is 3. The van der Waals surface area contributed by atoms with E-state index < -0.39 is 0 Å². The molecule has 4 heteroatoms. The van der Waals surface area contributed by atoms with Gasteiger partial charge in [-0.1, -0.05) is 0 Å². The molecule has 0 aromatic heterocycles. The number of carbonyl (C=O) groups excluding carboxylic acids is 1. The van der Waals surface area contributed by atoms with Crippen LogP contribution in [0.2, 0.25) is 0 Å². The molecule has 1 rings (SSSR count). The van der Waals surface area contributed by atoms with Crippen molar-refractivity contribution in [1.29, 1.82) is 0 Å². The largest absolute Gasteiger partial charge is 0.399 e. The van der Waals surface area contributed by atoms with Crippen LogP contribution in [0, 0.1) is 6.92 Å². The van der Waals surface area contributed by atoms with Crippen molar-refractivity contribution in [2.24, 2.45) is 0 Å². The molecule has 0 spiro atoms. The van der Waals surface area contributed by atoms with E-state index in [0.717, 1.165) is 12.1 Å². The van der Waals surface area contributed by atoms with Crippen molar-refractivity contribution in [3.8, 4) is 0 Å². The number of rotatable bonds is 4. The van der Waals surface area contributed by atoms with E-state index in [-0.39, 0.29) is 5.91 Å². The van der Waals surface area contributed by atoms with E-state index in [1.54, 1.807) is 18.2 Å². The van der Waals surface area contributed by atoms with Crippen molar-refractivity contribution < 1.29 is 4.79 Å². The zero-order valence-corrected chi connectivity index (χ0v) is 10.1. The van der Waals surface area contributed by atoms with Gasteiger partial charge in [0.2, 0.25) is 0 Å². The lowest BCUT2D eigenvalue weighted by Gasteiger charge is -2.11. The molecule has 0 saturated heterocycles. The highest BCUT2D eigenvalue weighted by Gasteiger charge is 2.05. The van der Waals surface area contributed by atoms with Gasteiger partial charge in [0.25, 0.3) is 5.91 Å². The van der Waals surface area contributed by atoms with Gasteiger partial charge in [-0.15, -0.1) is 0 Å². The van der Waals surface area contributed by atoms with Crippen molar-refractivity contribution >= 4 is 11.6 Å². The Kier molecular flexibility index (Phi) is 4.31. The number of hydrogen-bond donors (Lipinski definition) is 2. The third-order valence-electron chi connectivity index (χ3n) is 2.38. The molecule has 0 heterocycles. The van der Waals surface area contributed by atoms with E-state index in [1.165, 1.54) is 0 Å². The maximum atomic E-state index is 11.7. The second-order valence-electron chi connectivity index (χ2n) is 4.13. The third-order valence-corrected chi connectivity index (χ3v) is 2.38. The fraction of sp³-hybridized carbons (Fsp3) is 0.417. The first-order valence-electron chi connectivity index (χ1n) is 5.30. The molecule has 0 radical (unpaired) electrons. The molecule has 4 nitrogen and oxygen atoms in total. The fourth-order valence-electron chi connectivity index (χ4n) is 1.31. The van der Waals surface area contributed by atoms with Gasteiger partial charge in [0.05, 0.1) is 0 Å². The molecule has 0 aliphatic carbocycles. The van der Waals surface area contributed by atoms with Crippen LogP contribution >= 0.6 is 0 Å². The fourth-order valence-corrected chi connectivity index (χ4v) is 1.31. The number of nitrogens with two attached hydrogens (primary N) is 1. The van der Waals surface area contributed by atoms with Gasteiger partial charge in [-0.2, -0.15) is 0 Å². The van der Waals surface area contributed by atoms with Crippen LogP contribution in [0.4, 0.5) is 5.69 Å². The first-order valence-corrected chi connectivity index (χ1v) is 5.30. The van der Waals surface area contributed by atoms with Gasteiger partial charge >= 0.3 is 0 Å². The number of aryl methyl sites for hydroxylation is 1. The minimum Gasteiger partial charge on any atom is -0.399 e. The van der Waals surface area contributed by atoms with Gasteiger partial charge in [0.15, 0.2) is 0 Å². The molecule has 1 aromatic carbocycles.